The number of nitrogens with zero attached hydrogens (tertiary/aromatic N) is 2. The third-order valence-electron chi connectivity index (χ3n) is 1.56. The molecule has 0 fully saturated rings. The van der Waals surface area contributed by atoms with E-state index in [1.54, 1.807) is 16.4 Å². The van der Waals surface area contributed by atoms with Gasteiger partial charge in [-0.3, -0.25) is 4.68 Å². The largest absolute Gasteiger partial charge is 0.391 e. The second-order valence-corrected chi connectivity index (χ2v) is 4.22. The first-order chi connectivity index (χ1) is 6.13. The number of aryl methyl sites for hydroxylation is 2. The van der Waals surface area contributed by atoms with Gasteiger partial charge in [0, 0.05) is 18.7 Å². The standard InChI is InChI=1S/C8H13ClN2OS/c1-6-3-8(11(2)10-6)13-5-7(12)4-9/h3,7,12H,4-5H2,1-2H3. The van der Waals surface area contributed by atoms with Crippen LogP contribution < -0.4 is 0 Å². The van der Waals surface area contributed by atoms with E-state index in [2.05, 4.69) is 5.10 Å². The molecule has 0 aliphatic rings. The van der Waals surface area contributed by atoms with Gasteiger partial charge in [-0.1, -0.05) is 0 Å². The predicted octanol–water partition coefficient (Wildman–Crippen LogP) is 1.42. The van der Waals surface area contributed by atoms with Gasteiger partial charge >= 0.3 is 0 Å². The number of aromatic nitrogens is 2. The molecule has 1 rings (SSSR count). The second kappa shape index (κ2) is 4.88. The lowest BCUT2D eigenvalue weighted by molar-refractivity contribution is 0.223. The second-order valence-electron chi connectivity index (χ2n) is 2.87. The molecule has 0 aliphatic carbocycles. The zero-order valence-corrected chi connectivity index (χ0v) is 9.27. The van der Waals surface area contributed by atoms with E-state index >= 15 is 0 Å². The number of hydrogen-bond acceptors (Lipinski definition) is 3. The Kier molecular flexibility index (Phi) is 4.09. The summed E-state index contributed by atoms with van der Waals surface area (Å²) in [6.07, 6.45) is -0.443. The summed E-state index contributed by atoms with van der Waals surface area (Å²) in [4.78, 5) is 0. The third kappa shape index (κ3) is 3.21. The van der Waals surface area contributed by atoms with Crippen molar-refractivity contribution in [3.05, 3.63) is 11.8 Å². The predicted molar refractivity (Wildman–Crippen MR) is 55.4 cm³/mol. The number of halogens is 1. The van der Waals surface area contributed by atoms with Crippen molar-refractivity contribution < 1.29 is 5.11 Å². The van der Waals surface area contributed by atoms with E-state index < -0.39 is 6.10 Å². The van der Waals surface area contributed by atoms with Crippen LogP contribution in [0, 0.1) is 6.92 Å². The lowest BCUT2D eigenvalue weighted by atomic mass is 10.5. The van der Waals surface area contributed by atoms with Crippen molar-refractivity contribution in [1.29, 1.82) is 0 Å². The number of rotatable bonds is 4. The molecule has 74 valence electrons. The molecule has 13 heavy (non-hydrogen) atoms. The van der Waals surface area contributed by atoms with Crippen molar-refractivity contribution in [3.63, 3.8) is 0 Å². The molecule has 1 aromatic rings. The maximum absolute atomic E-state index is 9.23. The van der Waals surface area contributed by atoms with E-state index in [-0.39, 0.29) is 5.88 Å². The van der Waals surface area contributed by atoms with Crippen molar-refractivity contribution in [2.24, 2.45) is 7.05 Å². The summed E-state index contributed by atoms with van der Waals surface area (Å²) in [5.41, 5.74) is 0.991. The molecule has 0 amide bonds. The lowest BCUT2D eigenvalue weighted by Crippen LogP contribution is -2.11. The van der Waals surface area contributed by atoms with Gasteiger partial charge < -0.3 is 5.11 Å². The molecule has 1 aromatic heterocycles. The smallest absolute Gasteiger partial charge is 0.0940 e. The van der Waals surface area contributed by atoms with Crippen LogP contribution in [0.2, 0.25) is 0 Å². The summed E-state index contributed by atoms with van der Waals surface area (Å²) < 4.78 is 1.81. The monoisotopic (exact) mass is 220 g/mol. The normalized spacial score (nSPS) is 13.2. The molecule has 0 bridgehead atoms. The minimum absolute atomic E-state index is 0.282. The highest BCUT2D eigenvalue weighted by molar-refractivity contribution is 7.99. The molecule has 0 radical (unpaired) electrons. The topological polar surface area (TPSA) is 38.0 Å². The van der Waals surface area contributed by atoms with Crippen LogP contribution in [-0.4, -0.2) is 32.6 Å². The van der Waals surface area contributed by atoms with Crippen LogP contribution in [0.4, 0.5) is 0 Å². The van der Waals surface area contributed by atoms with E-state index in [1.165, 1.54) is 0 Å². The van der Waals surface area contributed by atoms with Gasteiger partial charge in [-0.05, 0) is 13.0 Å². The van der Waals surface area contributed by atoms with Crippen LogP contribution in [0.1, 0.15) is 5.69 Å². The summed E-state index contributed by atoms with van der Waals surface area (Å²) in [6.45, 7) is 1.95. The maximum Gasteiger partial charge on any atom is 0.0940 e. The van der Waals surface area contributed by atoms with Gasteiger partial charge in [-0.2, -0.15) is 5.10 Å². The highest BCUT2D eigenvalue weighted by Gasteiger charge is 2.06. The van der Waals surface area contributed by atoms with Crippen molar-refractivity contribution in [2.75, 3.05) is 11.6 Å². The molecule has 0 aliphatic heterocycles. The van der Waals surface area contributed by atoms with E-state index in [1.807, 2.05) is 20.0 Å². The highest BCUT2D eigenvalue weighted by Crippen LogP contribution is 2.19. The van der Waals surface area contributed by atoms with E-state index in [0.717, 1.165) is 10.7 Å². The summed E-state index contributed by atoms with van der Waals surface area (Å²) in [5, 5.41) is 14.5. The molecule has 0 spiro atoms. The average molecular weight is 221 g/mol. The van der Waals surface area contributed by atoms with Crippen LogP contribution in [0.3, 0.4) is 0 Å². The van der Waals surface area contributed by atoms with Gasteiger partial charge in [0.25, 0.3) is 0 Å². The molecule has 1 N–H and O–H groups in total. The number of aliphatic hydroxyl groups excluding tert-OH is 1. The van der Waals surface area contributed by atoms with Gasteiger partial charge in [0.05, 0.1) is 16.8 Å². The fraction of sp³-hybridized carbons (Fsp3) is 0.625. The Balaban J connectivity index is 2.49. The Bertz CT molecular complexity index is 277. The SMILES string of the molecule is Cc1cc(SCC(O)CCl)n(C)n1. The lowest BCUT2D eigenvalue weighted by Gasteiger charge is -2.05. The molecular weight excluding hydrogens is 208 g/mol. The Morgan fingerprint density at radius 3 is 2.92 bits per heavy atom. The number of thioether (sulfide) groups is 1. The summed E-state index contributed by atoms with van der Waals surface area (Å²) in [6, 6.07) is 1.99. The fourth-order valence-electron chi connectivity index (χ4n) is 0.948. The zero-order chi connectivity index (χ0) is 9.84. The van der Waals surface area contributed by atoms with Crippen LogP contribution in [0.25, 0.3) is 0 Å². The Labute approximate surface area is 87.1 Å². The number of aliphatic hydroxyl groups is 1. The minimum atomic E-state index is -0.443. The molecule has 1 heterocycles. The quantitative estimate of drug-likeness (QED) is 0.616. The van der Waals surface area contributed by atoms with Gasteiger partial charge in [0.2, 0.25) is 0 Å². The first-order valence-electron chi connectivity index (χ1n) is 4.01. The Hall–Kier alpha value is -0.190. The van der Waals surface area contributed by atoms with Gasteiger partial charge in [0.15, 0.2) is 0 Å². The fourth-order valence-corrected chi connectivity index (χ4v) is 2.15. The van der Waals surface area contributed by atoms with E-state index in [0.29, 0.717) is 5.75 Å². The highest BCUT2D eigenvalue weighted by atomic mass is 35.5. The van der Waals surface area contributed by atoms with Crippen LogP contribution >= 0.6 is 23.4 Å². The van der Waals surface area contributed by atoms with Crippen molar-refractivity contribution >= 4 is 23.4 Å². The van der Waals surface area contributed by atoms with Crippen molar-refractivity contribution in [2.45, 2.75) is 18.1 Å². The average Bonchev–Trinajstić information content (AvgIpc) is 2.41. The Morgan fingerprint density at radius 2 is 2.46 bits per heavy atom. The maximum atomic E-state index is 9.23. The van der Waals surface area contributed by atoms with Gasteiger partial charge in [-0.25, -0.2) is 0 Å². The molecule has 0 saturated heterocycles. The van der Waals surface area contributed by atoms with Crippen molar-refractivity contribution in [1.82, 2.24) is 9.78 Å². The number of alkyl halides is 1. The molecule has 0 saturated carbocycles. The Morgan fingerprint density at radius 1 is 1.77 bits per heavy atom. The van der Waals surface area contributed by atoms with Crippen LogP contribution in [0.15, 0.2) is 11.1 Å². The van der Waals surface area contributed by atoms with Gasteiger partial charge in [-0.15, -0.1) is 23.4 Å². The number of hydrogen-bond donors (Lipinski definition) is 1. The third-order valence-corrected chi connectivity index (χ3v) is 3.15. The first-order valence-corrected chi connectivity index (χ1v) is 5.53. The molecule has 5 heteroatoms. The first kappa shape index (κ1) is 10.9. The summed E-state index contributed by atoms with van der Waals surface area (Å²) in [5.74, 6) is 0.895. The molecule has 1 atom stereocenters. The zero-order valence-electron chi connectivity index (χ0n) is 7.70. The summed E-state index contributed by atoms with van der Waals surface area (Å²) in [7, 11) is 1.89. The van der Waals surface area contributed by atoms with Crippen LogP contribution in [0.5, 0.6) is 0 Å². The van der Waals surface area contributed by atoms with E-state index in [4.69, 9.17) is 11.6 Å². The molecule has 0 aromatic carbocycles. The molecular formula is C8H13ClN2OS. The van der Waals surface area contributed by atoms with Crippen LogP contribution in [-0.2, 0) is 7.05 Å². The van der Waals surface area contributed by atoms with E-state index in [9.17, 15) is 5.11 Å². The molecule has 3 nitrogen and oxygen atoms in total. The molecule has 1 unspecified atom stereocenters. The van der Waals surface area contributed by atoms with Gasteiger partial charge in [0.1, 0.15) is 0 Å². The van der Waals surface area contributed by atoms with Crippen molar-refractivity contribution in [3.8, 4) is 0 Å². The summed E-state index contributed by atoms with van der Waals surface area (Å²) >= 11 is 7.04. The minimum Gasteiger partial charge on any atom is -0.391 e.